The summed E-state index contributed by atoms with van der Waals surface area (Å²) < 4.78 is 0. The fourth-order valence-electron chi connectivity index (χ4n) is 4.19. The van der Waals surface area contributed by atoms with E-state index in [-0.39, 0.29) is 11.8 Å². The molecule has 1 saturated heterocycles. The molecule has 4 rings (SSSR count). The molecule has 0 radical (unpaired) electrons. The van der Waals surface area contributed by atoms with Crippen LogP contribution in [-0.2, 0) is 17.8 Å². The normalized spacial score (nSPS) is 16.7. The summed E-state index contributed by atoms with van der Waals surface area (Å²) in [6.45, 7) is 6.20. The molecule has 1 aromatic carbocycles. The van der Waals surface area contributed by atoms with Crippen LogP contribution in [0.3, 0.4) is 0 Å². The van der Waals surface area contributed by atoms with Gasteiger partial charge in [0.15, 0.2) is 0 Å². The number of amides is 1. The van der Waals surface area contributed by atoms with Gasteiger partial charge in [0.1, 0.15) is 17.0 Å². The average Bonchev–Trinajstić information content (AvgIpc) is 3.23. The number of aromatic nitrogens is 2. The van der Waals surface area contributed by atoms with Gasteiger partial charge in [0, 0.05) is 37.6 Å². The predicted molar refractivity (Wildman–Crippen MR) is 128 cm³/mol. The zero-order chi connectivity index (χ0) is 21.6. The quantitative estimate of drug-likeness (QED) is 0.582. The molecule has 3 aromatic rings. The Morgan fingerprint density at radius 3 is 2.94 bits per heavy atom. The van der Waals surface area contributed by atoms with E-state index in [1.165, 1.54) is 10.4 Å². The van der Waals surface area contributed by atoms with Gasteiger partial charge in [-0.15, -0.1) is 11.3 Å². The number of nitrogens with zero attached hydrogens (tertiary/aromatic N) is 4. The molecule has 1 aliphatic heterocycles. The highest BCUT2D eigenvalue weighted by atomic mass is 32.1. The number of piperidine rings is 1. The van der Waals surface area contributed by atoms with Gasteiger partial charge in [0.25, 0.3) is 0 Å². The molecule has 0 saturated carbocycles. The predicted octanol–water partition coefficient (Wildman–Crippen LogP) is 3.72. The zero-order valence-electron chi connectivity index (χ0n) is 18.4. The van der Waals surface area contributed by atoms with Crippen molar-refractivity contribution in [3.63, 3.8) is 0 Å². The molecule has 1 aliphatic rings. The number of hydrogen-bond donors (Lipinski definition) is 1. The van der Waals surface area contributed by atoms with Crippen LogP contribution in [0.4, 0.5) is 5.82 Å². The first kappa shape index (κ1) is 21.7. The van der Waals surface area contributed by atoms with Crippen molar-refractivity contribution in [2.24, 2.45) is 5.92 Å². The number of likely N-dealkylation sites (N-methyl/N-ethyl adjacent to an activating group) is 1. The zero-order valence-corrected chi connectivity index (χ0v) is 19.2. The molecule has 31 heavy (non-hydrogen) atoms. The number of aryl methyl sites for hydroxylation is 1. The lowest BCUT2D eigenvalue weighted by molar-refractivity contribution is -0.125. The lowest BCUT2D eigenvalue weighted by Crippen LogP contribution is -2.44. The maximum atomic E-state index is 12.8. The Balaban J connectivity index is 1.31. The first-order chi connectivity index (χ1) is 15.1. The molecule has 6 nitrogen and oxygen atoms in total. The standard InChI is InChI=1S/C24H31N5OS/c1-3-20-14-21-22(26-17-27-24(21)31-20)29-12-7-10-19(16-29)23(30)25-11-13-28(2)15-18-8-5-4-6-9-18/h4-6,8-9,14,17,19H,3,7,10-13,15-16H2,1-2H3,(H,25,30)/t19-/m0/s1. The first-order valence-corrected chi connectivity index (χ1v) is 11.9. The van der Waals surface area contributed by atoms with Crippen molar-refractivity contribution >= 4 is 33.3 Å². The van der Waals surface area contributed by atoms with Crippen LogP contribution in [0.1, 0.15) is 30.2 Å². The molecule has 1 atom stereocenters. The van der Waals surface area contributed by atoms with Crippen molar-refractivity contribution < 1.29 is 4.79 Å². The molecule has 0 bridgehead atoms. The minimum Gasteiger partial charge on any atom is -0.355 e. The SMILES string of the molecule is CCc1cc2c(N3CCC[C@H](C(=O)NCCN(C)Cc4ccccc4)C3)ncnc2s1. The van der Waals surface area contributed by atoms with E-state index >= 15 is 0 Å². The van der Waals surface area contributed by atoms with E-state index in [9.17, 15) is 4.79 Å². The van der Waals surface area contributed by atoms with E-state index in [1.54, 1.807) is 17.7 Å². The fourth-order valence-corrected chi connectivity index (χ4v) is 5.12. The highest BCUT2D eigenvalue weighted by Gasteiger charge is 2.27. The maximum Gasteiger partial charge on any atom is 0.224 e. The molecule has 0 unspecified atom stereocenters. The molecule has 0 spiro atoms. The Labute approximate surface area is 188 Å². The van der Waals surface area contributed by atoms with Crippen LogP contribution in [0.2, 0.25) is 0 Å². The topological polar surface area (TPSA) is 61.4 Å². The maximum absolute atomic E-state index is 12.8. The first-order valence-electron chi connectivity index (χ1n) is 11.1. The van der Waals surface area contributed by atoms with Crippen molar-refractivity contribution in [3.8, 4) is 0 Å². The number of anilines is 1. The average molecular weight is 438 g/mol. The van der Waals surface area contributed by atoms with Crippen molar-refractivity contribution in [3.05, 3.63) is 53.2 Å². The molecule has 2 aromatic heterocycles. The number of nitrogens with one attached hydrogen (secondary N) is 1. The molecule has 3 heterocycles. The summed E-state index contributed by atoms with van der Waals surface area (Å²) in [4.78, 5) is 28.7. The van der Waals surface area contributed by atoms with Crippen molar-refractivity contribution in [2.75, 3.05) is 38.1 Å². The third kappa shape index (κ3) is 5.40. The van der Waals surface area contributed by atoms with E-state index in [2.05, 4.69) is 69.4 Å². The van der Waals surface area contributed by atoms with E-state index < -0.39 is 0 Å². The van der Waals surface area contributed by atoms with Crippen LogP contribution in [0.5, 0.6) is 0 Å². The second-order valence-corrected chi connectivity index (χ2v) is 9.40. The van der Waals surface area contributed by atoms with Gasteiger partial charge in [-0.2, -0.15) is 0 Å². The van der Waals surface area contributed by atoms with E-state index in [4.69, 9.17) is 0 Å². The number of fused-ring (bicyclic) bond motifs is 1. The highest BCUT2D eigenvalue weighted by molar-refractivity contribution is 7.18. The summed E-state index contributed by atoms with van der Waals surface area (Å²) in [6.07, 6.45) is 4.59. The molecule has 164 valence electrons. The van der Waals surface area contributed by atoms with Gasteiger partial charge in [-0.3, -0.25) is 4.79 Å². The lowest BCUT2D eigenvalue weighted by Gasteiger charge is -2.33. The van der Waals surface area contributed by atoms with Crippen LogP contribution in [0.15, 0.2) is 42.7 Å². The number of carbonyl (C=O) groups excluding carboxylic acids is 1. The van der Waals surface area contributed by atoms with Gasteiger partial charge in [-0.1, -0.05) is 37.3 Å². The van der Waals surface area contributed by atoms with Gasteiger partial charge in [0.05, 0.1) is 11.3 Å². The summed E-state index contributed by atoms with van der Waals surface area (Å²) in [6, 6.07) is 12.6. The second kappa shape index (κ2) is 10.2. The Hall–Kier alpha value is -2.51. The smallest absolute Gasteiger partial charge is 0.224 e. The molecule has 7 heteroatoms. The number of rotatable bonds is 8. The molecule has 0 aliphatic carbocycles. The van der Waals surface area contributed by atoms with Gasteiger partial charge >= 0.3 is 0 Å². The van der Waals surface area contributed by atoms with E-state index in [0.29, 0.717) is 6.54 Å². The Morgan fingerprint density at radius 2 is 2.13 bits per heavy atom. The van der Waals surface area contributed by atoms with Crippen LogP contribution in [0.25, 0.3) is 10.2 Å². The monoisotopic (exact) mass is 437 g/mol. The van der Waals surface area contributed by atoms with Crippen LogP contribution in [-0.4, -0.2) is 54.0 Å². The van der Waals surface area contributed by atoms with Crippen LogP contribution in [0, 0.1) is 5.92 Å². The summed E-state index contributed by atoms with van der Waals surface area (Å²) in [5, 5.41) is 4.27. The molecule has 1 N–H and O–H groups in total. The van der Waals surface area contributed by atoms with E-state index in [0.717, 1.165) is 61.5 Å². The largest absolute Gasteiger partial charge is 0.355 e. The van der Waals surface area contributed by atoms with Crippen molar-refractivity contribution in [1.29, 1.82) is 0 Å². The van der Waals surface area contributed by atoms with Crippen LogP contribution < -0.4 is 10.2 Å². The lowest BCUT2D eigenvalue weighted by atomic mass is 9.97. The van der Waals surface area contributed by atoms with Gasteiger partial charge < -0.3 is 15.1 Å². The summed E-state index contributed by atoms with van der Waals surface area (Å²) >= 11 is 1.74. The Bertz CT molecular complexity index is 1010. The fraction of sp³-hybridized carbons (Fsp3) is 0.458. The van der Waals surface area contributed by atoms with Crippen molar-refractivity contribution in [2.45, 2.75) is 32.7 Å². The summed E-state index contributed by atoms with van der Waals surface area (Å²) in [7, 11) is 2.09. The number of carbonyl (C=O) groups is 1. The van der Waals surface area contributed by atoms with Crippen molar-refractivity contribution in [1.82, 2.24) is 20.2 Å². The Morgan fingerprint density at radius 1 is 1.29 bits per heavy atom. The number of benzene rings is 1. The molecular formula is C24H31N5OS. The summed E-state index contributed by atoms with van der Waals surface area (Å²) in [5.74, 6) is 1.13. The number of thiophene rings is 1. The van der Waals surface area contributed by atoms with Crippen LogP contribution >= 0.6 is 11.3 Å². The summed E-state index contributed by atoms with van der Waals surface area (Å²) in [5.41, 5.74) is 1.29. The van der Waals surface area contributed by atoms with Gasteiger partial charge in [0.2, 0.25) is 5.91 Å². The molecular weight excluding hydrogens is 406 g/mol. The molecule has 1 fully saturated rings. The second-order valence-electron chi connectivity index (χ2n) is 8.28. The minimum absolute atomic E-state index is 0.00229. The highest BCUT2D eigenvalue weighted by Crippen LogP contribution is 2.32. The third-order valence-electron chi connectivity index (χ3n) is 5.89. The number of hydrogen-bond acceptors (Lipinski definition) is 6. The minimum atomic E-state index is 0.00229. The third-order valence-corrected chi connectivity index (χ3v) is 7.08. The Kier molecular flexibility index (Phi) is 7.14. The van der Waals surface area contributed by atoms with E-state index in [1.807, 2.05) is 6.07 Å². The molecule has 1 amide bonds. The van der Waals surface area contributed by atoms with Gasteiger partial charge in [-0.05, 0) is 37.9 Å². The van der Waals surface area contributed by atoms with Gasteiger partial charge in [-0.25, -0.2) is 9.97 Å².